The number of aromatic amines is 1. The molecule has 2 N–H and O–H groups in total. The summed E-state index contributed by atoms with van der Waals surface area (Å²) in [4.78, 5) is 12.0. The number of ether oxygens (including phenoxy) is 1. The monoisotopic (exact) mass is 291 g/mol. The number of aromatic hydroxyl groups is 1. The maximum absolute atomic E-state index is 9.61. The minimum Gasteiger partial charge on any atom is -0.508 e. The molecular formula is C17H13N3O2. The summed E-state index contributed by atoms with van der Waals surface area (Å²) in [5.74, 6) is 1.63. The highest BCUT2D eigenvalue weighted by Crippen LogP contribution is 2.34. The zero-order valence-electron chi connectivity index (χ0n) is 11.9. The van der Waals surface area contributed by atoms with Gasteiger partial charge in [-0.15, -0.1) is 0 Å². The van der Waals surface area contributed by atoms with Gasteiger partial charge >= 0.3 is 0 Å². The summed E-state index contributed by atoms with van der Waals surface area (Å²) in [7, 11) is 1.62. The molecule has 0 saturated carbocycles. The lowest BCUT2D eigenvalue weighted by Gasteiger charge is -2.09. The maximum atomic E-state index is 9.61. The zero-order chi connectivity index (χ0) is 15.1. The average molecular weight is 291 g/mol. The number of imidazole rings is 1. The maximum Gasteiger partial charge on any atom is 0.178 e. The molecule has 0 fully saturated rings. The number of aromatic nitrogens is 3. The van der Waals surface area contributed by atoms with Crippen molar-refractivity contribution in [3.63, 3.8) is 0 Å². The highest BCUT2D eigenvalue weighted by Gasteiger charge is 2.13. The molecule has 5 nitrogen and oxygen atoms in total. The molecule has 4 rings (SSSR count). The number of phenols is 1. The standard InChI is InChI=1S/C17H13N3O2/c1-22-15-9-11-7-12(21)5-4-10(11)8-13(15)16-19-14-3-2-6-18-17(14)20-16/h2-9,21H,1H3,(H,18,19,20). The highest BCUT2D eigenvalue weighted by molar-refractivity contribution is 5.91. The predicted molar refractivity (Wildman–Crippen MR) is 85.0 cm³/mol. The summed E-state index contributed by atoms with van der Waals surface area (Å²) in [6.07, 6.45) is 1.72. The molecule has 0 aliphatic carbocycles. The van der Waals surface area contributed by atoms with Crippen molar-refractivity contribution in [1.82, 2.24) is 15.0 Å². The van der Waals surface area contributed by atoms with E-state index in [0.29, 0.717) is 17.2 Å². The molecule has 0 radical (unpaired) electrons. The van der Waals surface area contributed by atoms with Crippen molar-refractivity contribution >= 4 is 21.9 Å². The minimum absolute atomic E-state index is 0.232. The Hall–Kier alpha value is -3.08. The van der Waals surface area contributed by atoms with Crippen LogP contribution >= 0.6 is 0 Å². The normalized spacial score (nSPS) is 11.1. The molecule has 0 aliphatic rings. The second-order valence-corrected chi connectivity index (χ2v) is 5.04. The van der Waals surface area contributed by atoms with Crippen molar-refractivity contribution in [2.75, 3.05) is 7.11 Å². The van der Waals surface area contributed by atoms with E-state index in [2.05, 4.69) is 15.0 Å². The van der Waals surface area contributed by atoms with Gasteiger partial charge in [0, 0.05) is 6.20 Å². The van der Waals surface area contributed by atoms with Gasteiger partial charge in [-0.1, -0.05) is 6.07 Å². The van der Waals surface area contributed by atoms with Crippen LogP contribution in [-0.2, 0) is 0 Å². The fraction of sp³-hybridized carbons (Fsp3) is 0.0588. The predicted octanol–water partition coefficient (Wildman–Crippen LogP) is 3.49. The molecule has 2 aromatic heterocycles. The summed E-state index contributed by atoms with van der Waals surface area (Å²) in [5, 5.41) is 11.5. The first-order chi connectivity index (χ1) is 10.7. The number of methoxy groups -OCH3 is 1. The molecule has 0 unspecified atom stereocenters. The van der Waals surface area contributed by atoms with Crippen molar-refractivity contribution in [3.8, 4) is 22.9 Å². The van der Waals surface area contributed by atoms with E-state index >= 15 is 0 Å². The van der Waals surface area contributed by atoms with E-state index < -0.39 is 0 Å². The Morgan fingerprint density at radius 2 is 2.00 bits per heavy atom. The van der Waals surface area contributed by atoms with E-state index in [1.165, 1.54) is 0 Å². The van der Waals surface area contributed by atoms with Gasteiger partial charge in [-0.3, -0.25) is 0 Å². The molecule has 4 aromatic rings. The third kappa shape index (κ3) is 1.95. The van der Waals surface area contributed by atoms with Crippen LogP contribution in [0.25, 0.3) is 33.3 Å². The van der Waals surface area contributed by atoms with Crippen LogP contribution in [0.4, 0.5) is 0 Å². The summed E-state index contributed by atoms with van der Waals surface area (Å²) in [6.45, 7) is 0. The molecule has 0 amide bonds. The molecule has 0 spiro atoms. The Morgan fingerprint density at radius 3 is 2.82 bits per heavy atom. The van der Waals surface area contributed by atoms with Crippen LogP contribution in [0.1, 0.15) is 0 Å². The first kappa shape index (κ1) is 12.6. The number of rotatable bonds is 2. The Bertz CT molecular complexity index is 959. The SMILES string of the molecule is COc1cc2cc(O)ccc2cc1-c1nc2ncccc2[nH]1. The molecule has 5 heteroatoms. The van der Waals surface area contributed by atoms with E-state index in [4.69, 9.17) is 4.74 Å². The lowest BCUT2D eigenvalue weighted by atomic mass is 10.1. The van der Waals surface area contributed by atoms with Gasteiger partial charge in [0.25, 0.3) is 0 Å². The lowest BCUT2D eigenvalue weighted by molar-refractivity contribution is 0.417. The quantitative estimate of drug-likeness (QED) is 0.593. The molecule has 2 heterocycles. The first-order valence-electron chi connectivity index (χ1n) is 6.86. The smallest absolute Gasteiger partial charge is 0.178 e. The number of pyridine rings is 1. The highest BCUT2D eigenvalue weighted by atomic mass is 16.5. The zero-order valence-corrected chi connectivity index (χ0v) is 11.9. The number of nitrogens with one attached hydrogen (secondary N) is 1. The van der Waals surface area contributed by atoms with Crippen LogP contribution in [0.2, 0.25) is 0 Å². The van der Waals surface area contributed by atoms with E-state index in [1.54, 1.807) is 25.4 Å². The van der Waals surface area contributed by atoms with Crippen LogP contribution in [0, 0.1) is 0 Å². The van der Waals surface area contributed by atoms with Gasteiger partial charge in [-0.2, -0.15) is 0 Å². The Kier molecular flexibility index (Phi) is 2.72. The summed E-state index contributed by atoms with van der Waals surface area (Å²) < 4.78 is 5.48. The van der Waals surface area contributed by atoms with Crippen LogP contribution in [0.5, 0.6) is 11.5 Å². The number of nitrogens with zero attached hydrogens (tertiary/aromatic N) is 2. The Balaban J connectivity index is 1.98. The molecule has 108 valence electrons. The first-order valence-corrected chi connectivity index (χ1v) is 6.86. The van der Waals surface area contributed by atoms with Crippen LogP contribution < -0.4 is 4.74 Å². The molecule has 0 atom stereocenters. The van der Waals surface area contributed by atoms with E-state index in [0.717, 1.165) is 21.9 Å². The van der Waals surface area contributed by atoms with E-state index in [1.807, 2.05) is 30.3 Å². The fourth-order valence-electron chi connectivity index (χ4n) is 2.59. The van der Waals surface area contributed by atoms with Gasteiger partial charge < -0.3 is 14.8 Å². The summed E-state index contributed by atoms with van der Waals surface area (Å²) >= 11 is 0. The number of fused-ring (bicyclic) bond motifs is 2. The van der Waals surface area contributed by atoms with Crippen molar-refractivity contribution in [2.45, 2.75) is 0 Å². The van der Waals surface area contributed by atoms with Crippen LogP contribution in [0.3, 0.4) is 0 Å². The third-order valence-corrected chi connectivity index (χ3v) is 3.65. The van der Waals surface area contributed by atoms with Gasteiger partial charge in [0.2, 0.25) is 0 Å². The number of benzene rings is 2. The molecule has 2 aromatic carbocycles. The largest absolute Gasteiger partial charge is 0.508 e. The average Bonchev–Trinajstić information content (AvgIpc) is 2.97. The number of H-pyrrole nitrogens is 1. The van der Waals surface area contributed by atoms with Crippen molar-refractivity contribution in [1.29, 1.82) is 0 Å². The van der Waals surface area contributed by atoms with Gasteiger partial charge in [0.05, 0.1) is 18.2 Å². The van der Waals surface area contributed by atoms with Crippen LogP contribution in [-0.4, -0.2) is 27.2 Å². The Morgan fingerprint density at radius 1 is 1.09 bits per heavy atom. The third-order valence-electron chi connectivity index (χ3n) is 3.65. The molecule has 0 aliphatic heterocycles. The van der Waals surface area contributed by atoms with Gasteiger partial charge in [-0.05, 0) is 47.2 Å². The van der Waals surface area contributed by atoms with Crippen molar-refractivity contribution < 1.29 is 9.84 Å². The number of phenolic OH excluding ortho intramolecular Hbond substituents is 1. The van der Waals surface area contributed by atoms with Gasteiger partial charge in [0.1, 0.15) is 17.3 Å². The van der Waals surface area contributed by atoms with E-state index in [9.17, 15) is 5.11 Å². The second-order valence-electron chi connectivity index (χ2n) is 5.04. The molecule has 22 heavy (non-hydrogen) atoms. The molecular weight excluding hydrogens is 278 g/mol. The van der Waals surface area contributed by atoms with Gasteiger partial charge in [-0.25, -0.2) is 9.97 Å². The number of hydrogen-bond donors (Lipinski definition) is 2. The lowest BCUT2D eigenvalue weighted by Crippen LogP contribution is -1.90. The van der Waals surface area contributed by atoms with E-state index in [-0.39, 0.29) is 5.75 Å². The minimum atomic E-state index is 0.232. The molecule has 0 bridgehead atoms. The second kappa shape index (κ2) is 4.73. The fourth-order valence-corrected chi connectivity index (χ4v) is 2.59. The summed E-state index contributed by atoms with van der Waals surface area (Å²) in [5.41, 5.74) is 2.41. The topological polar surface area (TPSA) is 71.0 Å². The van der Waals surface area contributed by atoms with Crippen molar-refractivity contribution in [3.05, 3.63) is 48.7 Å². The van der Waals surface area contributed by atoms with Gasteiger partial charge in [0.15, 0.2) is 5.65 Å². The molecule has 0 saturated heterocycles. The van der Waals surface area contributed by atoms with Crippen molar-refractivity contribution in [2.24, 2.45) is 0 Å². The summed E-state index contributed by atoms with van der Waals surface area (Å²) in [6, 6.07) is 12.9. The number of hydrogen-bond acceptors (Lipinski definition) is 4. The van der Waals surface area contributed by atoms with Crippen LogP contribution in [0.15, 0.2) is 48.7 Å². The Labute approximate surface area is 126 Å².